The molecule has 2 nitrogen and oxygen atoms in total. The second-order valence-corrected chi connectivity index (χ2v) is 5.63. The van der Waals surface area contributed by atoms with Gasteiger partial charge in [-0.25, -0.2) is 0 Å². The Labute approximate surface area is 139 Å². The molecule has 1 aromatic carbocycles. The van der Waals surface area contributed by atoms with Gasteiger partial charge in [0.05, 0.1) is 0 Å². The van der Waals surface area contributed by atoms with E-state index in [-0.39, 0.29) is 0 Å². The molecule has 0 radical (unpaired) electrons. The van der Waals surface area contributed by atoms with E-state index in [0.29, 0.717) is 11.8 Å². The lowest BCUT2D eigenvalue weighted by Crippen LogP contribution is -2.09. The zero-order valence-corrected chi connectivity index (χ0v) is 14.0. The van der Waals surface area contributed by atoms with Crippen LogP contribution >= 0.6 is 0 Å². The summed E-state index contributed by atoms with van der Waals surface area (Å²) in [4.78, 5) is 0. The molecule has 0 N–H and O–H groups in total. The van der Waals surface area contributed by atoms with Gasteiger partial charge in [-0.15, -0.1) is 0 Å². The molecule has 0 fully saturated rings. The van der Waals surface area contributed by atoms with Crippen LogP contribution in [0.1, 0.15) is 20.8 Å². The monoisotopic (exact) mass is 308 g/mol. The third-order valence-electron chi connectivity index (χ3n) is 3.71. The van der Waals surface area contributed by atoms with Crippen molar-refractivity contribution in [2.75, 3.05) is 0 Å². The molecule has 0 amide bonds. The van der Waals surface area contributed by atoms with Crippen molar-refractivity contribution in [3.05, 3.63) is 84.9 Å². The Balaban J connectivity index is 2.11. The summed E-state index contributed by atoms with van der Waals surface area (Å²) in [6.07, 6.45) is 13.7. The zero-order chi connectivity index (χ0) is 16.7. The molecule has 0 bridgehead atoms. The summed E-state index contributed by atoms with van der Waals surface area (Å²) >= 11 is 0. The van der Waals surface area contributed by atoms with Gasteiger partial charge in [-0.1, -0.05) is 44.7 Å². The molecule has 1 aliphatic carbocycles. The van der Waals surface area contributed by atoms with Gasteiger partial charge in [0.25, 0.3) is 0 Å². The van der Waals surface area contributed by atoms with Gasteiger partial charge >= 0.3 is 0 Å². The highest BCUT2D eigenvalue weighted by Gasteiger charge is 2.13. The van der Waals surface area contributed by atoms with Gasteiger partial charge in [0, 0.05) is 6.07 Å². The first-order chi connectivity index (χ1) is 11.1. The fourth-order valence-electron chi connectivity index (χ4n) is 2.23. The predicted molar refractivity (Wildman–Crippen MR) is 96.3 cm³/mol. The highest BCUT2D eigenvalue weighted by Crippen LogP contribution is 2.27. The Kier molecular flexibility index (Phi) is 6.04. The van der Waals surface area contributed by atoms with Crippen LogP contribution < -0.4 is 9.47 Å². The third kappa shape index (κ3) is 5.03. The van der Waals surface area contributed by atoms with Crippen molar-refractivity contribution in [2.24, 2.45) is 11.8 Å². The molecule has 2 rings (SSSR count). The van der Waals surface area contributed by atoms with Gasteiger partial charge in [-0.2, -0.15) is 0 Å². The quantitative estimate of drug-likeness (QED) is 0.487. The van der Waals surface area contributed by atoms with Crippen LogP contribution in [-0.4, -0.2) is 0 Å². The number of benzene rings is 1. The van der Waals surface area contributed by atoms with Crippen LogP contribution in [0.15, 0.2) is 84.9 Å². The van der Waals surface area contributed by atoms with E-state index in [1.54, 1.807) is 6.08 Å². The maximum Gasteiger partial charge on any atom is 0.131 e. The first kappa shape index (κ1) is 16.9. The normalized spacial score (nSPS) is 21.2. The second-order valence-electron chi connectivity index (χ2n) is 5.63. The van der Waals surface area contributed by atoms with Crippen LogP contribution in [-0.2, 0) is 0 Å². The Morgan fingerprint density at radius 1 is 1.17 bits per heavy atom. The van der Waals surface area contributed by atoms with Gasteiger partial charge < -0.3 is 9.47 Å². The lowest BCUT2D eigenvalue weighted by Gasteiger charge is -2.19. The molecule has 2 heteroatoms. The Bertz CT molecular complexity index is 662. The number of hydrogen-bond donors (Lipinski definition) is 0. The van der Waals surface area contributed by atoms with E-state index in [0.717, 1.165) is 23.0 Å². The van der Waals surface area contributed by atoms with Gasteiger partial charge in [0.1, 0.15) is 23.0 Å². The molecule has 0 saturated heterocycles. The number of rotatable bonds is 6. The molecule has 0 aliphatic heterocycles. The van der Waals surface area contributed by atoms with E-state index >= 15 is 0 Å². The minimum atomic E-state index is 0.478. The molecule has 1 aromatic rings. The summed E-state index contributed by atoms with van der Waals surface area (Å²) in [6, 6.07) is 7.64. The Morgan fingerprint density at radius 2 is 1.96 bits per heavy atom. The number of hydrogen-bond acceptors (Lipinski definition) is 2. The highest BCUT2D eigenvalue weighted by atomic mass is 16.5. The smallest absolute Gasteiger partial charge is 0.131 e. The van der Waals surface area contributed by atoms with E-state index in [4.69, 9.17) is 9.47 Å². The van der Waals surface area contributed by atoms with Gasteiger partial charge in [-0.3, -0.25) is 0 Å². The van der Waals surface area contributed by atoms with Gasteiger partial charge in [0.2, 0.25) is 0 Å². The molecular formula is C21H24O2. The van der Waals surface area contributed by atoms with E-state index in [1.807, 2.05) is 55.5 Å². The average Bonchev–Trinajstić information content (AvgIpc) is 2.52. The first-order valence-electron chi connectivity index (χ1n) is 7.93. The molecule has 120 valence electrons. The van der Waals surface area contributed by atoms with Crippen LogP contribution in [0, 0.1) is 11.8 Å². The van der Waals surface area contributed by atoms with E-state index in [9.17, 15) is 0 Å². The molecule has 23 heavy (non-hydrogen) atoms. The maximum absolute atomic E-state index is 5.95. The highest BCUT2D eigenvalue weighted by molar-refractivity contribution is 5.37. The molecule has 0 aromatic heterocycles. The minimum Gasteiger partial charge on any atom is -0.458 e. The molecule has 0 saturated carbocycles. The lowest BCUT2D eigenvalue weighted by atomic mass is 9.91. The largest absolute Gasteiger partial charge is 0.458 e. The van der Waals surface area contributed by atoms with Crippen molar-refractivity contribution in [1.29, 1.82) is 0 Å². The minimum absolute atomic E-state index is 0.478. The van der Waals surface area contributed by atoms with Crippen LogP contribution in [0.4, 0.5) is 0 Å². The topological polar surface area (TPSA) is 18.5 Å². The van der Waals surface area contributed by atoms with Gasteiger partial charge in [-0.05, 0) is 55.2 Å². The van der Waals surface area contributed by atoms with Crippen molar-refractivity contribution in [1.82, 2.24) is 0 Å². The number of allylic oxidation sites excluding steroid dienone is 7. The second kappa shape index (κ2) is 8.23. The van der Waals surface area contributed by atoms with Crippen molar-refractivity contribution in [3.8, 4) is 11.5 Å². The summed E-state index contributed by atoms with van der Waals surface area (Å²) in [7, 11) is 0. The van der Waals surface area contributed by atoms with Crippen LogP contribution in [0.2, 0.25) is 0 Å². The van der Waals surface area contributed by atoms with Crippen molar-refractivity contribution < 1.29 is 9.47 Å². The lowest BCUT2D eigenvalue weighted by molar-refractivity contribution is 0.409. The zero-order valence-electron chi connectivity index (χ0n) is 14.0. The summed E-state index contributed by atoms with van der Waals surface area (Å²) in [6.45, 7) is 10.1. The van der Waals surface area contributed by atoms with Crippen LogP contribution in [0.25, 0.3) is 0 Å². The molecule has 2 unspecified atom stereocenters. The molecule has 0 heterocycles. The van der Waals surface area contributed by atoms with Crippen LogP contribution in [0.3, 0.4) is 0 Å². The predicted octanol–water partition coefficient (Wildman–Crippen LogP) is 5.82. The van der Waals surface area contributed by atoms with Crippen molar-refractivity contribution >= 4 is 0 Å². The van der Waals surface area contributed by atoms with E-state index in [1.165, 1.54) is 0 Å². The first-order valence-corrected chi connectivity index (χ1v) is 7.93. The number of ether oxygens (including phenoxy) is 2. The fourth-order valence-corrected chi connectivity index (χ4v) is 2.23. The Hall–Kier alpha value is -2.48. The standard InChI is InChI=1S/C21H24O2/c1-5-8-18(9-6-2)22-19-10-7-11-20(15-19)23-21-13-12-16(3)17(4)14-21/h5-17H,1H2,2-4H3/b9-6+,18-8+. The SMILES string of the molecule is C=C/C=C(\C=C\C)Oc1cccc(OC2=CC(C)C(C)C=C2)c1. The van der Waals surface area contributed by atoms with Crippen molar-refractivity contribution in [2.45, 2.75) is 20.8 Å². The maximum atomic E-state index is 5.95. The van der Waals surface area contributed by atoms with Crippen LogP contribution in [0.5, 0.6) is 11.5 Å². The average molecular weight is 308 g/mol. The molecule has 0 spiro atoms. The van der Waals surface area contributed by atoms with E-state index in [2.05, 4.69) is 32.6 Å². The molecule has 2 atom stereocenters. The van der Waals surface area contributed by atoms with Crippen molar-refractivity contribution in [3.63, 3.8) is 0 Å². The fraction of sp³-hybridized carbons (Fsp3) is 0.238. The molecular weight excluding hydrogens is 284 g/mol. The summed E-state index contributed by atoms with van der Waals surface area (Å²) in [5.74, 6) is 4.13. The summed E-state index contributed by atoms with van der Waals surface area (Å²) < 4.78 is 11.8. The summed E-state index contributed by atoms with van der Waals surface area (Å²) in [5.41, 5.74) is 0. The van der Waals surface area contributed by atoms with Gasteiger partial charge in [0.15, 0.2) is 0 Å². The summed E-state index contributed by atoms with van der Waals surface area (Å²) in [5, 5.41) is 0. The Morgan fingerprint density at radius 3 is 2.65 bits per heavy atom. The van der Waals surface area contributed by atoms with E-state index < -0.39 is 0 Å². The third-order valence-corrected chi connectivity index (χ3v) is 3.71. The molecule has 1 aliphatic rings.